The molecule has 1 aliphatic heterocycles. The Hall–Kier alpha value is -3.29. The van der Waals surface area contributed by atoms with Gasteiger partial charge < -0.3 is 10.4 Å². The summed E-state index contributed by atoms with van der Waals surface area (Å²) in [6.45, 7) is 0. The number of anilines is 1. The number of aromatic nitrogens is 3. The van der Waals surface area contributed by atoms with Crippen LogP contribution in [-0.2, 0) is 10.5 Å². The number of nitrogens with zero attached hydrogens (tertiary/aromatic N) is 3. The van der Waals surface area contributed by atoms with E-state index in [-0.39, 0.29) is 11.5 Å². The molecule has 4 aromatic rings. The molecule has 0 saturated carbocycles. The molecule has 8 heteroatoms. The summed E-state index contributed by atoms with van der Waals surface area (Å²) in [5, 5.41) is 22.3. The van der Waals surface area contributed by atoms with Crippen molar-refractivity contribution in [2.75, 3.05) is 5.32 Å². The zero-order valence-corrected chi connectivity index (χ0v) is 19.7. The van der Waals surface area contributed by atoms with Crippen LogP contribution in [0.15, 0.2) is 77.1 Å². The first-order valence-corrected chi connectivity index (χ1v) is 12.5. The first kappa shape index (κ1) is 21.3. The Labute approximate surface area is 205 Å². The minimum Gasteiger partial charge on any atom is -0.508 e. The predicted molar refractivity (Wildman–Crippen MR) is 134 cm³/mol. The highest BCUT2D eigenvalue weighted by Crippen LogP contribution is 2.45. The third-order valence-electron chi connectivity index (χ3n) is 6.38. The number of Topliss-reactive ketones (excluding diaryl/α,β-unsaturated/α-hetero) is 1. The van der Waals surface area contributed by atoms with Crippen LogP contribution in [0.25, 0.3) is 10.8 Å². The Morgan fingerprint density at radius 3 is 2.79 bits per heavy atom. The average Bonchev–Trinajstić information content (AvgIpc) is 3.25. The van der Waals surface area contributed by atoms with Gasteiger partial charge >= 0.3 is 0 Å². The molecule has 1 aliphatic carbocycles. The number of phenols is 1. The standard InChI is InChI=1S/C26H21ClN4O2S/c27-18-9-4-2-7-16(18)14-34-26-29-25-28-19-10-5-11-20(32)23(19)24(31(25)30-26)22-17-8-3-1-6-15(17)12-13-21(22)33/h1-4,6-9,12-13,24,33H,5,10-11,14H2,(H,28,29,30). The molecule has 0 spiro atoms. The number of allylic oxidation sites excluding steroid dienone is 2. The Morgan fingerprint density at radius 2 is 1.91 bits per heavy atom. The summed E-state index contributed by atoms with van der Waals surface area (Å²) in [6.07, 6.45) is 2.04. The molecule has 1 aromatic heterocycles. The Morgan fingerprint density at radius 1 is 1.09 bits per heavy atom. The van der Waals surface area contributed by atoms with E-state index in [1.807, 2.05) is 54.6 Å². The molecule has 3 aromatic carbocycles. The monoisotopic (exact) mass is 488 g/mol. The number of rotatable bonds is 4. The number of phenolic OH excluding ortho intramolecular Hbond substituents is 1. The van der Waals surface area contributed by atoms with Gasteiger partial charge in [0.25, 0.3) is 0 Å². The molecule has 170 valence electrons. The minimum absolute atomic E-state index is 0.0810. The first-order valence-electron chi connectivity index (χ1n) is 11.2. The van der Waals surface area contributed by atoms with E-state index in [9.17, 15) is 9.90 Å². The molecule has 1 atom stereocenters. The van der Waals surface area contributed by atoms with E-state index in [0.717, 1.165) is 34.9 Å². The number of fused-ring (bicyclic) bond motifs is 2. The van der Waals surface area contributed by atoms with E-state index in [4.69, 9.17) is 21.7 Å². The molecule has 0 saturated heterocycles. The van der Waals surface area contributed by atoms with E-state index in [2.05, 4.69) is 5.32 Å². The minimum atomic E-state index is -0.549. The van der Waals surface area contributed by atoms with Gasteiger partial charge in [-0.2, -0.15) is 4.98 Å². The molecule has 34 heavy (non-hydrogen) atoms. The molecule has 0 fully saturated rings. The molecule has 1 unspecified atom stereocenters. The number of benzene rings is 3. The van der Waals surface area contributed by atoms with Crippen molar-refractivity contribution in [1.82, 2.24) is 14.8 Å². The molecule has 2 aliphatic rings. The number of halogens is 1. The third kappa shape index (κ3) is 3.56. The van der Waals surface area contributed by atoms with Crippen LogP contribution in [0.1, 0.15) is 36.4 Å². The van der Waals surface area contributed by atoms with Gasteiger partial charge in [-0.1, -0.05) is 71.9 Å². The molecule has 0 radical (unpaired) electrons. The van der Waals surface area contributed by atoms with Crippen LogP contribution in [0, 0.1) is 0 Å². The Balaban J connectivity index is 1.47. The highest BCUT2D eigenvalue weighted by atomic mass is 35.5. The quantitative estimate of drug-likeness (QED) is 0.337. The van der Waals surface area contributed by atoms with Crippen molar-refractivity contribution in [2.24, 2.45) is 0 Å². The van der Waals surface area contributed by atoms with Gasteiger partial charge in [0.1, 0.15) is 11.8 Å². The van der Waals surface area contributed by atoms with E-state index < -0.39 is 6.04 Å². The van der Waals surface area contributed by atoms with Crippen molar-refractivity contribution in [3.63, 3.8) is 0 Å². The Bertz CT molecular complexity index is 1480. The fourth-order valence-electron chi connectivity index (χ4n) is 4.79. The number of hydrogen-bond acceptors (Lipinski definition) is 6. The molecular weight excluding hydrogens is 468 g/mol. The fourth-order valence-corrected chi connectivity index (χ4v) is 5.91. The van der Waals surface area contributed by atoms with Crippen molar-refractivity contribution in [3.05, 3.63) is 88.1 Å². The normalized spacial score (nSPS) is 17.4. The van der Waals surface area contributed by atoms with Gasteiger partial charge in [-0.3, -0.25) is 4.79 Å². The summed E-state index contributed by atoms with van der Waals surface area (Å²) in [4.78, 5) is 17.9. The topological polar surface area (TPSA) is 80.0 Å². The van der Waals surface area contributed by atoms with Gasteiger partial charge in [0, 0.05) is 34.0 Å². The lowest BCUT2D eigenvalue weighted by molar-refractivity contribution is -0.116. The molecule has 0 amide bonds. The maximum absolute atomic E-state index is 13.2. The lowest BCUT2D eigenvalue weighted by atomic mass is 9.83. The van der Waals surface area contributed by atoms with Crippen LogP contribution in [0.3, 0.4) is 0 Å². The van der Waals surface area contributed by atoms with Crippen molar-refractivity contribution >= 4 is 45.9 Å². The van der Waals surface area contributed by atoms with Crippen LogP contribution in [-0.4, -0.2) is 25.7 Å². The Kier molecular flexibility index (Phi) is 5.31. The van der Waals surface area contributed by atoms with E-state index >= 15 is 0 Å². The van der Waals surface area contributed by atoms with Crippen LogP contribution < -0.4 is 5.32 Å². The van der Waals surface area contributed by atoms with Crippen molar-refractivity contribution in [3.8, 4) is 5.75 Å². The lowest BCUT2D eigenvalue weighted by Crippen LogP contribution is -2.31. The van der Waals surface area contributed by atoms with Crippen LogP contribution in [0.4, 0.5) is 5.95 Å². The zero-order chi connectivity index (χ0) is 23.2. The summed E-state index contributed by atoms with van der Waals surface area (Å²) in [5.41, 5.74) is 3.22. The number of ketones is 1. The molecular formula is C26H21ClN4O2S. The zero-order valence-electron chi connectivity index (χ0n) is 18.2. The lowest BCUT2D eigenvalue weighted by Gasteiger charge is -2.33. The smallest absolute Gasteiger partial charge is 0.227 e. The van der Waals surface area contributed by atoms with E-state index in [1.165, 1.54) is 11.8 Å². The second-order valence-corrected chi connectivity index (χ2v) is 9.81. The van der Waals surface area contributed by atoms with Gasteiger partial charge in [-0.15, -0.1) is 5.10 Å². The number of hydrogen-bond donors (Lipinski definition) is 2. The van der Waals surface area contributed by atoms with Gasteiger partial charge in [0.05, 0.1) is 0 Å². The average molecular weight is 489 g/mol. The van der Waals surface area contributed by atoms with Crippen molar-refractivity contribution < 1.29 is 9.90 Å². The number of carbonyl (C=O) groups is 1. The van der Waals surface area contributed by atoms with E-state index in [0.29, 0.717) is 39.4 Å². The molecule has 6 nitrogen and oxygen atoms in total. The second kappa shape index (κ2) is 8.49. The van der Waals surface area contributed by atoms with Gasteiger partial charge in [0.2, 0.25) is 11.1 Å². The fraction of sp³-hybridized carbons (Fsp3) is 0.192. The maximum Gasteiger partial charge on any atom is 0.227 e. The number of carbonyl (C=O) groups excluding carboxylic acids is 1. The van der Waals surface area contributed by atoms with Crippen molar-refractivity contribution in [2.45, 2.75) is 36.2 Å². The predicted octanol–water partition coefficient (Wildman–Crippen LogP) is 6.10. The van der Waals surface area contributed by atoms with Gasteiger partial charge in [0.15, 0.2) is 5.78 Å². The first-order chi connectivity index (χ1) is 16.6. The maximum atomic E-state index is 13.2. The molecule has 6 rings (SSSR count). The number of nitrogens with one attached hydrogen (secondary N) is 1. The van der Waals surface area contributed by atoms with Crippen LogP contribution in [0.2, 0.25) is 5.02 Å². The highest BCUT2D eigenvalue weighted by molar-refractivity contribution is 7.98. The summed E-state index contributed by atoms with van der Waals surface area (Å²) in [5.74, 6) is 1.42. The molecule has 0 bridgehead atoms. The summed E-state index contributed by atoms with van der Waals surface area (Å²) >= 11 is 7.81. The second-order valence-electron chi connectivity index (χ2n) is 8.46. The van der Waals surface area contributed by atoms with E-state index in [1.54, 1.807) is 10.7 Å². The van der Waals surface area contributed by atoms with Crippen molar-refractivity contribution in [1.29, 1.82) is 0 Å². The van der Waals surface area contributed by atoms with Gasteiger partial charge in [-0.25, -0.2) is 4.68 Å². The molecule has 2 N–H and O–H groups in total. The summed E-state index contributed by atoms with van der Waals surface area (Å²) in [7, 11) is 0. The highest BCUT2D eigenvalue weighted by Gasteiger charge is 2.38. The largest absolute Gasteiger partial charge is 0.508 e. The SMILES string of the molecule is O=C1CCCC2=C1C(c1c(O)ccc3ccccc13)n1nc(SCc3ccccc3Cl)nc1N2. The third-order valence-corrected chi connectivity index (χ3v) is 7.64. The summed E-state index contributed by atoms with van der Waals surface area (Å²) < 4.78 is 1.75. The van der Waals surface area contributed by atoms with Crippen LogP contribution in [0.5, 0.6) is 5.75 Å². The van der Waals surface area contributed by atoms with Crippen LogP contribution >= 0.6 is 23.4 Å². The number of aromatic hydroxyl groups is 1. The molecule has 2 heterocycles. The van der Waals surface area contributed by atoms with Gasteiger partial charge in [-0.05, 0) is 41.3 Å². The number of thioether (sulfide) groups is 1. The summed E-state index contributed by atoms with van der Waals surface area (Å²) in [6, 6.07) is 18.6.